The Bertz CT molecular complexity index is 822. The number of amides is 2. The van der Waals surface area contributed by atoms with Crippen molar-refractivity contribution in [2.45, 2.75) is 26.7 Å². The van der Waals surface area contributed by atoms with Gasteiger partial charge in [0.05, 0.1) is 17.9 Å². The minimum absolute atomic E-state index is 0.0420. The molecule has 0 aliphatic rings. The van der Waals surface area contributed by atoms with E-state index in [1.54, 1.807) is 7.05 Å². The van der Waals surface area contributed by atoms with E-state index in [9.17, 15) is 9.59 Å². The van der Waals surface area contributed by atoms with Crippen LogP contribution in [0.15, 0.2) is 24.3 Å². The number of carbonyl (C=O) groups is 2. The Morgan fingerprint density at radius 1 is 1.22 bits per heavy atom. The number of nitrogens with one attached hydrogen (secondary N) is 3. The summed E-state index contributed by atoms with van der Waals surface area (Å²) in [6.45, 7) is 4.64. The van der Waals surface area contributed by atoms with E-state index in [0.29, 0.717) is 31.7 Å². The van der Waals surface area contributed by atoms with Crippen LogP contribution < -0.4 is 21.7 Å². The van der Waals surface area contributed by atoms with Gasteiger partial charge in [0.2, 0.25) is 5.91 Å². The zero-order valence-electron chi connectivity index (χ0n) is 15.9. The van der Waals surface area contributed by atoms with Gasteiger partial charge in [-0.2, -0.15) is 0 Å². The van der Waals surface area contributed by atoms with Crippen molar-refractivity contribution < 1.29 is 9.59 Å². The highest BCUT2D eigenvalue weighted by molar-refractivity contribution is 5.96. The number of hydrogen-bond donors (Lipinski definition) is 4. The lowest BCUT2D eigenvalue weighted by molar-refractivity contribution is -0.120. The number of rotatable bonds is 9. The monoisotopic (exact) mass is 370 g/mol. The molecule has 27 heavy (non-hydrogen) atoms. The van der Waals surface area contributed by atoms with Gasteiger partial charge in [0, 0.05) is 12.2 Å². The van der Waals surface area contributed by atoms with E-state index >= 15 is 0 Å². The van der Waals surface area contributed by atoms with Crippen molar-refractivity contribution in [3.05, 3.63) is 46.9 Å². The average Bonchev–Trinajstić information content (AvgIpc) is 2.62. The van der Waals surface area contributed by atoms with E-state index in [1.165, 1.54) is 0 Å². The van der Waals surface area contributed by atoms with Gasteiger partial charge in [-0.1, -0.05) is 19.1 Å². The minimum Gasteiger partial charge on any atom is -0.364 e. The number of likely N-dealkylation sites (N-methyl/N-ethyl adjacent to an activating group) is 1. The van der Waals surface area contributed by atoms with Crippen LogP contribution in [0.5, 0.6) is 0 Å². The molecule has 0 spiro atoms. The number of benzene rings is 1. The Morgan fingerprint density at radius 2 is 2.00 bits per heavy atom. The second-order valence-corrected chi connectivity index (χ2v) is 6.13. The molecule has 8 nitrogen and oxygen atoms in total. The van der Waals surface area contributed by atoms with Crippen LogP contribution in [-0.2, 0) is 17.6 Å². The smallest absolute Gasteiger partial charge is 0.271 e. The first-order valence-corrected chi connectivity index (χ1v) is 8.89. The van der Waals surface area contributed by atoms with Crippen molar-refractivity contribution in [3.63, 3.8) is 0 Å². The molecule has 0 aliphatic heterocycles. The van der Waals surface area contributed by atoms with E-state index in [-0.39, 0.29) is 11.6 Å². The van der Waals surface area contributed by atoms with Crippen molar-refractivity contribution in [1.82, 2.24) is 20.6 Å². The van der Waals surface area contributed by atoms with E-state index in [1.807, 2.05) is 38.1 Å². The van der Waals surface area contributed by atoms with E-state index in [2.05, 4.69) is 25.9 Å². The summed E-state index contributed by atoms with van der Waals surface area (Å²) >= 11 is 0. The predicted molar refractivity (Wildman–Crippen MR) is 105 cm³/mol. The molecule has 5 N–H and O–H groups in total. The Balaban J connectivity index is 2.13. The minimum atomic E-state index is -0.622. The number of nitrogens with zero attached hydrogens (tertiary/aromatic N) is 2. The highest BCUT2D eigenvalue weighted by atomic mass is 16.2. The third kappa shape index (κ3) is 5.75. The second kappa shape index (κ2) is 9.63. The molecule has 0 bridgehead atoms. The Morgan fingerprint density at radius 3 is 2.67 bits per heavy atom. The van der Waals surface area contributed by atoms with Gasteiger partial charge in [-0.15, -0.1) is 0 Å². The number of anilines is 2. The van der Waals surface area contributed by atoms with Crippen molar-refractivity contribution >= 4 is 23.3 Å². The zero-order valence-corrected chi connectivity index (χ0v) is 15.9. The molecule has 0 saturated carbocycles. The molecule has 2 aromatic rings. The van der Waals surface area contributed by atoms with Crippen LogP contribution in [0.25, 0.3) is 0 Å². The maximum Gasteiger partial charge on any atom is 0.271 e. The molecule has 2 rings (SSSR count). The molecule has 0 saturated heterocycles. The largest absolute Gasteiger partial charge is 0.364 e. The maximum atomic E-state index is 11.8. The van der Waals surface area contributed by atoms with Gasteiger partial charge in [0.1, 0.15) is 0 Å². The Kier molecular flexibility index (Phi) is 7.25. The average molecular weight is 370 g/mol. The van der Waals surface area contributed by atoms with Gasteiger partial charge < -0.3 is 21.7 Å². The molecule has 1 heterocycles. The molecule has 1 aromatic carbocycles. The molecule has 0 radical (unpaired) electrons. The number of aromatic nitrogens is 2. The fourth-order valence-corrected chi connectivity index (χ4v) is 2.66. The summed E-state index contributed by atoms with van der Waals surface area (Å²) in [5.41, 5.74) is 8.91. The molecule has 0 atom stereocenters. The first kappa shape index (κ1) is 20.3. The van der Waals surface area contributed by atoms with E-state index in [0.717, 1.165) is 22.6 Å². The topological polar surface area (TPSA) is 122 Å². The number of carbonyl (C=O) groups excluding carboxylic acids is 2. The van der Waals surface area contributed by atoms with Crippen molar-refractivity contribution in [2.24, 2.45) is 5.73 Å². The summed E-state index contributed by atoms with van der Waals surface area (Å²) in [5.74, 6) is -0.320. The maximum absolute atomic E-state index is 11.8. The molecule has 0 fully saturated rings. The molecule has 2 amide bonds. The third-order valence-electron chi connectivity index (χ3n) is 4.00. The van der Waals surface area contributed by atoms with Gasteiger partial charge in [-0.25, -0.2) is 9.97 Å². The first-order chi connectivity index (χ1) is 12.9. The molecule has 0 aliphatic carbocycles. The summed E-state index contributed by atoms with van der Waals surface area (Å²) in [6.07, 6.45) is 1.36. The van der Waals surface area contributed by atoms with Crippen molar-refractivity contribution in [2.75, 3.05) is 25.5 Å². The Hall–Kier alpha value is -3.00. The lowest BCUT2D eigenvalue weighted by Gasteiger charge is -2.13. The van der Waals surface area contributed by atoms with E-state index in [4.69, 9.17) is 5.73 Å². The normalized spacial score (nSPS) is 10.5. The predicted octanol–water partition coefficient (Wildman–Crippen LogP) is 1.07. The fraction of sp³-hybridized carbons (Fsp3) is 0.368. The molecule has 8 heteroatoms. The number of aryl methyl sites for hydroxylation is 2. The fourth-order valence-electron chi connectivity index (χ4n) is 2.66. The second-order valence-electron chi connectivity index (χ2n) is 6.13. The number of hydrogen-bond acceptors (Lipinski definition) is 6. The summed E-state index contributed by atoms with van der Waals surface area (Å²) in [7, 11) is 1.73. The standard InChI is InChI=1S/C19H26N6O2/c1-4-15-12(2)23-19(17(25-15)18(20)27)24-14-7-5-6-13(10-14)8-9-22-16(26)11-21-3/h5-7,10,21H,4,8-9,11H2,1-3H3,(H2,20,27)(H,22,26)(H,23,24). The highest BCUT2D eigenvalue weighted by Gasteiger charge is 2.15. The van der Waals surface area contributed by atoms with Gasteiger partial charge in [0.25, 0.3) is 5.91 Å². The van der Waals surface area contributed by atoms with Gasteiger partial charge >= 0.3 is 0 Å². The van der Waals surface area contributed by atoms with Crippen LogP contribution in [0.4, 0.5) is 11.5 Å². The van der Waals surface area contributed by atoms with E-state index < -0.39 is 5.91 Å². The van der Waals surface area contributed by atoms with Crippen molar-refractivity contribution in [1.29, 1.82) is 0 Å². The molecule has 1 aromatic heterocycles. The Labute approximate surface area is 159 Å². The summed E-state index contributed by atoms with van der Waals surface area (Å²) < 4.78 is 0. The van der Waals surface area contributed by atoms with Crippen LogP contribution in [0, 0.1) is 6.92 Å². The molecular weight excluding hydrogens is 344 g/mol. The van der Waals surface area contributed by atoms with Crippen LogP contribution >= 0.6 is 0 Å². The summed E-state index contributed by atoms with van der Waals surface area (Å²) in [4.78, 5) is 32.0. The first-order valence-electron chi connectivity index (χ1n) is 8.89. The summed E-state index contributed by atoms with van der Waals surface area (Å²) in [6, 6.07) is 7.69. The number of nitrogens with two attached hydrogens (primary N) is 1. The summed E-state index contributed by atoms with van der Waals surface area (Å²) in [5, 5.41) is 8.78. The van der Waals surface area contributed by atoms with Gasteiger partial charge in [-0.05, 0) is 44.5 Å². The van der Waals surface area contributed by atoms with Crippen LogP contribution in [-0.4, -0.2) is 41.9 Å². The van der Waals surface area contributed by atoms with Crippen LogP contribution in [0.1, 0.15) is 34.4 Å². The molecule has 144 valence electrons. The van der Waals surface area contributed by atoms with Crippen LogP contribution in [0.2, 0.25) is 0 Å². The number of primary amides is 1. The van der Waals surface area contributed by atoms with Crippen molar-refractivity contribution in [3.8, 4) is 0 Å². The molecule has 0 unspecified atom stereocenters. The molecular formula is C19H26N6O2. The highest BCUT2D eigenvalue weighted by Crippen LogP contribution is 2.20. The SMILES string of the molecule is CCc1nc(C(N)=O)c(Nc2cccc(CCNC(=O)CNC)c2)nc1C. The quantitative estimate of drug-likeness (QED) is 0.524. The third-order valence-corrected chi connectivity index (χ3v) is 4.00. The zero-order chi connectivity index (χ0) is 19.8. The lowest BCUT2D eigenvalue weighted by Crippen LogP contribution is -2.33. The van der Waals surface area contributed by atoms with Crippen LogP contribution in [0.3, 0.4) is 0 Å². The lowest BCUT2D eigenvalue weighted by atomic mass is 10.1. The van der Waals surface area contributed by atoms with Gasteiger partial charge in [0.15, 0.2) is 11.5 Å². The van der Waals surface area contributed by atoms with Gasteiger partial charge in [-0.3, -0.25) is 9.59 Å².